The predicted molar refractivity (Wildman–Crippen MR) is 140 cm³/mol. The van der Waals surface area contributed by atoms with Gasteiger partial charge in [-0.3, -0.25) is 0 Å². The summed E-state index contributed by atoms with van der Waals surface area (Å²) in [5, 5.41) is 84.2. The fraction of sp³-hybridized carbons (Fsp3) is 0.200. The summed E-state index contributed by atoms with van der Waals surface area (Å²) in [6.07, 6.45) is -4.59. The molecule has 0 spiro atoms. The highest BCUT2D eigenvalue weighted by molar-refractivity contribution is 5.63. The molecule has 0 saturated carbocycles. The van der Waals surface area contributed by atoms with Crippen molar-refractivity contribution in [3.05, 3.63) is 94.5 Å². The molecular weight excluding hydrogens is 520 g/mol. The molecule has 0 saturated heterocycles. The van der Waals surface area contributed by atoms with Gasteiger partial charge in [-0.25, -0.2) is 0 Å². The van der Waals surface area contributed by atoms with Gasteiger partial charge >= 0.3 is 0 Å². The van der Waals surface area contributed by atoms with E-state index < -0.39 is 36.1 Å². The van der Waals surface area contributed by atoms with Gasteiger partial charge < -0.3 is 50.3 Å². The number of benzene rings is 4. The molecule has 0 amide bonds. The second-order valence-electron chi connectivity index (χ2n) is 10.0. The van der Waals surface area contributed by atoms with E-state index in [1.807, 2.05) is 0 Å². The zero-order valence-electron chi connectivity index (χ0n) is 20.8. The Hall–Kier alpha value is -4.80. The highest BCUT2D eigenvalue weighted by Gasteiger charge is 2.44. The van der Waals surface area contributed by atoms with Crippen LogP contribution < -0.4 is 9.47 Å². The third kappa shape index (κ3) is 4.14. The van der Waals surface area contributed by atoms with Crippen molar-refractivity contribution in [2.45, 2.75) is 36.8 Å². The van der Waals surface area contributed by atoms with Crippen LogP contribution in [0.5, 0.6) is 46.0 Å². The Labute approximate surface area is 227 Å². The number of fused-ring (bicyclic) bond motifs is 2. The molecule has 0 aliphatic carbocycles. The molecule has 2 aliphatic heterocycles. The number of ether oxygens (including phenoxy) is 2. The number of aromatic hydroxyl groups is 6. The summed E-state index contributed by atoms with van der Waals surface area (Å²) in [4.78, 5) is 0. The van der Waals surface area contributed by atoms with E-state index in [1.54, 1.807) is 18.2 Å². The summed E-state index contributed by atoms with van der Waals surface area (Å²) in [6.45, 7) is 0. The fourth-order valence-corrected chi connectivity index (χ4v) is 5.55. The monoisotopic (exact) mass is 546 g/mol. The highest BCUT2D eigenvalue weighted by Crippen LogP contribution is 2.55. The molecule has 2 aliphatic rings. The Bertz CT molecular complexity index is 1600. The zero-order chi connectivity index (χ0) is 28.3. The van der Waals surface area contributed by atoms with Crippen molar-refractivity contribution in [2.75, 3.05) is 0 Å². The second-order valence-corrected chi connectivity index (χ2v) is 10.0. The van der Waals surface area contributed by atoms with Crippen LogP contribution in [0.2, 0.25) is 0 Å². The third-order valence-corrected chi connectivity index (χ3v) is 7.48. The molecule has 4 aromatic rings. The van der Waals surface area contributed by atoms with Crippen molar-refractivity contribution < 1.29 is 50.3 Å². The van der Waals surface area contributed by atoms with Crippen LogP contribution in [0, 0.1) is 0 Å². The van der Waals surface area contributed by atoms with Crippen molar-refractivity contribution in [1.29, 1.82) is 0 Å². The third-order valence-electron chi connectivity index (χ3n) is 7.48. The fourth-order valence-electron chi connectivity index (χ4n) is 5.55. The van der Waals surface area contributed by atoms with Crippen molar-refractivity contribution in [1.82, 2.24) is 0 Å². The first-order chi connectivity index (χ1) is 19.1. The lowest BCUT2D eigenvalue weighted by Gasteiger charge is -2.40. The highest BCUT2D eigenvalue weighted by atomic mass is 16.5. The summed E-state index contributed by atoms with van der Waals surface area (Å²) >= 11 is 0. The average Bonchev–Trinajstić information content (AvgIpc) is 2.92. The van der Waals surface area contributed by atoms with E-state index >= 15 is 0 Å². The topological polar surface area (TPSA) is 180 Å². The van der Waals surface area contributed by atoms with Crippen LogP contribution in [-0.2, 0) is 6.42 Å². The number of aliphatic hydroxyl groups excluding tert-OH is 2. The van der Waals surface area contributed by atoms with E-state index in [2.05, 4.69) is 0 Å². The van der Waals surface area contributed by atoms with Gasteiger partial charge in [-0.1, -0.05) is 24.3 Å². The Morgan fingerprint density at radius 2 is 1.30 bits per heavy atom. The number of aliphatic hydroxyl groups is 2. The summed E-state index contributed by atoms with van der Waals surface area (Å²) < 4.78 is 12.3. The molecule has 0 fully saturated rings. The van der Waals surface area contributed by atoms with E-state index in [-0.39, 0.29) is 57.8 Å². The van der Waals surface area contributed by atoms with E-state index in [1.165, 1.54) is 42.5 Å². The molecule has 206 valence electrons. The first-order valence-corrected chi connectivity index (χ1v) is 12.5. The van der Waals surface area contributed by atoms with Crippen molar-refractivity contribution in [2.24, 2.45) is 0 Å². The lowest BCUT2D eigenvalue weighted by Crippen LogP contribution is -2.36. The van der Waals surface area contributed by atoms with Gasteiger partial charge in [0, 0.05) is 41.2 Å². The van der Waals surface area contributed by atoms with Crippen LogP contribution >= 0.6 is 0 Å². The summed E-state index contributed by atoms with van der Waals surface area (Å²) in [6, 6.07) is 15.5. The number of rotatable bonds is 3. The minimum atomic E-state index is -1.31. The normalized spacial score (nSPS) is 23.4. The van der Waals surface area contributed by atoms with E-state index in [0.717, 1.165) is 6.07 Å². The minimum absolute atomic E-state index is 0.0205. The van der Waals surface area contributed by atoms with E-state index in [9.17, 15) is 40.9 Å². The van der Waals surface area contributed by atoms with Crippen molar-refractivity contribution in [3.8, 4) is 46.0 Å². The molecule has 10 nitrogen and oxygen atoms in total. The predicted octanol–water partition coefficient (Wildman–Crippen LogP) is 3.58. The average molecular weight is 547 g/mol. The van der Waals surface area contributed by atoms with E-state index in [0.29, 0.717) is 16.7 Å². The first-order valence-electron chi connectivity index (χ1n) is 12.5. The number of hydrogen-bond acceptors (Lipinski definition) is 10. The molecule has 4 aromatic carbocycles. The number of hydrogen-bond donors (Lipinski definition) is 8. The molecular formula is C30H26O10. The molecule has 8 N–H and O–H groups in total. The van der Waals surface area contributed by atoms with Gasteiger partial charge in [0.2, 0.25) is 0 Å². The molecule has 5 atom stereocenters. The second kappa shape index (κ2) is 9.44. The maximum atomic E-state index is 11.7. The lowest BCUT2D eigenvalue weighted by molar-refractivity contribution is 0.00192. The van der Waals surface area contributed by atoms with Crippen molar-refractivity contribution in [3.63, 3.8) is 0 Å². The Morgan fingerprint density at radius 1 is 0.600 bits per heavy atom. The number of phenolic OH excluding ortho intramolecular Hbond substituents is 6. The summed E-state index contributed by atoms with van der Waals surface area (Å²) in [5.41, 5.74) is 1.61. The molecule has 0 aromatic heterocycles. The van der Waals surface area contributed by atoms with Crippen LogP contribution in [0.4, 0.5) is 0 Å². The lowest BCUT2D eigenvalue weighted by atomic mass is 9.78. The van der Waals surface area contributed by atoms with E-state index in [4.69, 9.17) is 9.47 Å². The quantitative estimate of drug-likeness (QED) is 0.177. The van der Waals surface area contributed by atoms with Gasteiger partial charge in [-0.05, 0) is 41.5 Å². The van der Waals surface area contributed by atoms with Gasteiger partial charge in [0.05, 0.1) is 6.10 Å². The van der Waals surface area contributed by atoms with Gasteiger partial charge in [0.1, 0.15) is 46.7 Å². The summed E-state index contributed by atoms with van der Waals surface area (Å²) in [5.74, 6) is -2.23. The summed E-state index contributed by atoms with van der Waals surface area (Å²) in [7, 11) is 0. The van der Waals surface area contributed by atoms with Gasteiger partial charge in [0.15, 0.2) is 17.6 Å². The molecule has 2 heterocycles. The molecule has 0 bridgehead atoms. The Morgan fingerprint density at radius 3 is 2.02 bits per heavy atom. The van der Waals surface area contributed by atoms with Crippen LogP contribution in [0.1, 0.15) is 45.9 Å². The maximum Gasteiger partial charge on any atom is 0.157 e. The van der Waals surface area contributed by atoms with Gasteiger partial charge in [0.25, 0.3) is 0 Å². The van der Waals surface area contributed by atoms with Gasteiger partial charge in [-0.15, -0.1) is 0 Å². The maximum absolute atomic E-state index is 11.7. The molecule has 10 heteroatoms. The Kier molecular flexibility index (Phi) is 6.01. The Balaban J connectivity index is 1.52. The smallest absolute Gasteiger partial charge is 0.157 e. The molecule has 6 rings (SSSR count). The van der Waals surface area contributed by atoms with Crippen LogP contribution in [-0.4, -0.2) is 53.1 Å². The van der Waals surface area contributed by atoms with Crippen LogP contribution in [0.3, 0.4) is 0 Å². The first kappa shape index (κ1) is 25.5. The van der Waals surface area contributed by atoms with Crippen molar-refractivity contribution >= 4 is 0 Å². The van der Waals surface area contributed by atoms with Crippen LogP contribution in [0.25, 0.3) is 0 Å². The molecule has 0 unspecified atom stereocenters. The van der Waals surface area contributed by atoms with Gasteiger partial charge in [-0.2, -0.15) is 0 Å². The standard InChI is InChI=1S/C30H26O10/c31-15-4-1-13(2-5-15)29-27(38)25(17-7-6-16(32)10-24(17)39-29)26-22(36)12-20(34)18-11-23(37)28(40-30(18)26)14-3-8-19(33)21(35)9-14/h1-10,12,23,25,27-29,31-38H,11H2/t23-,25+,27-,28-,29+/m0/s1. The SMILES string of the molecule is Oc1ccc([C@H]2Oc3cc(O)ccc3[C@H](c3c(O)cc(O)c4c3O[C@@H](c3ccc(O)c(O)c3)[C@@H](O)C4)[C@@H]2O)cc1. The zero-order valence-corrected chi connectivity index (χ0v) is 20.8. The number of phenols is 6. The van der Waals surface area contributed by atoms with Crippen LogP contribution in [0.15, 0.2) is 66.7 Å². The minimum Gasteiger partial charge on any atom is -0.508 e. The molecule has 40 heavy (non-hydrogen) atoms. The molecule has 0 radical (unpaired) electrons. The largest absolute Gasteiger partial charge is 0.508 e.